The molecule has 27 heavy (non-hydrogen) atoms. The van der Waals surface area contributed by atoms with Crippen LogP contribution in [0, 0.1) is 0 Å². The number of aromatic nitrogens is 2. The first kappa shape index (κ1) is 18.7. The predicted octanol–water partition coefficient (Wildman–Crippen LogP) is 3.58. The molecule has 0 spiro atoms. The first-order valence-corrected chi connectivity index (χ1v) is 8.70. The molecule has 140 valence electrons. The summed E-state index contributed by atoms with van der Waals surface area (Å²) in [6.07, 6.45) is 2.21. The number of rotatable bonds is 7. The van der Waals surface area contributed by atoms with E-state index >= 15 is 0 Å². The molecule has 1 amide bonds. The van der Waals surface area contributed by atoms with Crippen LogP contribution in [0.1, 0.15) is 12.8 Å². The maximum atomic E-state index is 12.2. The van der Waals surface area contributed by atoms with Crippen molar-refractivity contribution in [2.24, 2.45) is 0 Å². The van der Waals surface area contributed by atoms with Crippen LogP contribution in [0.5, 0.6) is 5.75 Å². The third-order valence-corrected chi connectivity index (χ3v) is 4.08. The standard InChI is InChI=1S/C19H18ClN3O4/c1-26-16-8-6-13(20)12-15(16)21-18(24)5-2-10-23-19(25)9-7-14(22-23)17-4-3-11-27-17/h3-4,6-9,11-12H,2,5,10H2,1H3,(H,21,24). The van der Waals surface area contributed by atoms with Gasteiger partial charge in [-0.1, -0.05) is 11.6 Å². The number of halogens is 1. The number of furan rings is 1. The fourth-order valence-electron chi connectivity index (χ4n) is 2.54. The Morgan fingerprint density at radius 1 is 1.30 bits per heavy atom. The summed E-state index contributed by atoms with van der Waals surface area (Å²) in [5, 5.41) is 7.54. The second-order valence-electron chi connectivity index (χ2n) is 5.75. The van der Waals surface area contributed by atoms with Crippen molar-refractivity contribution in [1.82, 2.24) is 9.78 Å². The van der Waals surface area contributed by atoms with Crippen molar-refractivity contribution in [3.8, 4) is 17.2 Å². The molecule has 2 heterocycles. The Bertz CT molecular complexity index is 983. The van der Waals surface area contributed by atoms with E-state index in [0.717, 1.165) is 0 Å². The number of methoxy groups -OCH3 is 1. The van der Waals surface area contributed by atoms with Gasteiger partial charge in [-0.25, -0.2) is 4.68 Å². The molecule has 0 atom stereocenters. The minimum absolute atomic E-state index is 0.203. The number of hydrogen-bond acceptors (Lipinski definition) is 5. The number of nitrogens with one attached hydrogen (secondary N) is 1. The summed E-state index contributed by atoms with van der Waals surface area (Å²) in [6, 6.07) is 11.5. The monoisotopic (exact) mass is 387 g/mol. The van der Waals surface area contributed by atoms with E-state index in [9.17, 15) is 9.59 Å². The smallest absolute Gasteiger partial charge is 0.266 e. The highest BCUT2D eigenvalue weighted by atomic mass is 35.5. The van der Waals surface area contributed by atoms with E-state index in [0.29, 0.717) is 40.9 Å². The summed E-state index contributed by atoms with van der Waals surface area (Å²) in [5.41, 5.74) is 0.833. The molecule has 0 radical (unpaired) electrons. The Morgan fingerprint density at radius 3 is 2.89 bits per heavy atom. The van der Waals surface area contributed by atoms with Gasteiger partial charge in [0.1, 0.15) is 11.4 Å². The van der Waals surface area contributed by atoms with Gasteiger partial charge >= 0.3 is 0 Å². The normalized spacial score (nSPS) is 10.6. The summed E-state index contributed by atoms with van der Waals surface area (Å²) < 4.78 is 11.8. The Kier molecular flexibility index (Phi) is 5.93. The molecule has 0 bridgehead atoms. The van der Waals surface area contributed by atoms with Gasteiger partial charge in [-0.3, -0.25) is 9.59 Å². The third kappa shape index (κ3) is 4.77. The van der Waals surface area contributed by atoms with Gasteiger partial charge in [0.2, 0.25) is 5.91 Å². The average molecular weight is 388 g/mol. The van der Waals surface area contributed by atoms with Crippen molar-refractivity contribution < 1.29 is 13.9 Å². The fraction of sp³-hybridized carbons (Fsp3) is 0.211. The van der Waals surface area contributed by atoms with Crippen LogP contribution in [0.2, 0.25) is 5.02 Å². The molecule has 8 heteroatoms. The molecule has 0 fully saturated rings. The van der Waals surface area contributed by atoms with Gasteiger partial charge in [-0.2, -0.15) is 5.10 Å². The topological polar surface area (TPSA) is 86.4 Å². The van der Waals surface area contributed by atoms with E-state index in [2.05, 4.69) is 10.4 Å². The zero-order valence-corrected chi connectivity index (χ0v) is 15.4. The van der Waals surface area contributed by atoms with E-state index in [4.69, 9.17) is 20.8 Å². The van der Waals surface area contributed by atoms with Gasteiger partial charge in [0.15, 0.2) is 5.76 Å². The third-order valence-electron chi connectivity index (χ3n) is 3.85. The van der Waals surface area contributed by atoms with Crippen LogP contribution in [0.25, 0.3) is 11.5 Å². The summed E-state index contributed by atoms with van der Waals surface area (Å²) in [5.74, 6) is 0.900. The molecular formula is C19H18ClN3O4. The number of amides is 1. The van der Waals surface area contributed by atoms with Crippen molar-refractivity contribution in [2.75, 3.05) is 12.4 Å². The van der Waals surface area contributed by atoms with Gasteiger partial charge < -0.3 is 14.5 Å². The Balaban J connectivity index is 1.60. The number of nitrogens with zero attached hydrogens (tertiary/aromatic N) is 2. The van der Waals surface area contributed by atoms with Crippen LogP contribution in [-0.4, -0.2) is 22.8 Å². The van der Waals surface area contributed by atoms with E-state index in [-0.39, 0.29) is 17.9 Å². The summed E-state index contributed by atoms with van der Waals surface area (Å²) in [6.45, 7) is 0.313. The summed E-state index contributed by atoms with van der Waals surface area (Å²) >= 11 is 5.96. The first-order valence-electron chi connectivity index (χ1n) is 8.32. The zero-order valence-electron chi connectivity index (χ0n) is 14.6. The zero-order chi connectivity index (χ0) is 19.2. The van der Waals surface area contributed by atoms with Crippen LogP contribution in [0.3, 0.4) is 0 Å². The Hall–Kier alpha value is -3.06. The van der Waals surface area contributed by atoms with Crippen molar-refractivity contribution in [2.45, 2.75) is 19.4 Å². The Labute approximate surface area is 160 Å². The predicted molar refractivity (Wildman–Crippen MR) is 102 cm³/mol. The van der Waals surface area contributed by atoms with E-state index in [1.165, 1.54) is 17.9 Å². The van der Waals surface area contributed by atoms with Crippen molar-refractivity contribution >= 4 is 23.2 Å². The maximum absolute atomic E-state index is 12.2. The lowest BCUT2D eigenvalue weighted by molar-refractivity contribution is -0.116. The van der Waals surface area contributed by atoms with Crippen LogP contribution in [-0.2, 0) is 11.3 Å². The lowest BCUT2D eigenvalue weighted by Gasteiger charge is -2.11. The molecule has 7 nitrogen and oxygen atoms in total. The molecule has 0 aliphatic rings. The largest absolute Gasteiger partial charge is 0.495 e. The van der Waals surface area contributed by atoms with Crippen molar-refractivity contribution in [1.29, 1.82) is 0 Å². The van der Waals surface area contributed by atoms with Crippen LogP contribution >= 0.6 is 11.6 Å². The number of aryl methyl sites for hydroxylation is 1. The van der Waals surface area contributed by atoms with Gasteiger partial charge in [0.25, 0.3) is 5.56 Å². The van der Waals surface area contributed by atoms with E-state index in [1.54, 1.807) is 42.7 Å². The van der Waals surface area contributed by atoms with E-state index in [1.807, 2.05) is 0 Å². The number of anilines is 1. The van der Waals surface area contributed by atoms with Gasteiger partial charge in [0, 0.05) is 24.1 Å². The molecule has 1 N–H and O–H groups in total. The summed E-state index contributed by atoms with van der Waals surface area (Å²) in [4.78, 5) is 24.2. The molecule has 0 saturated carbocycles. The van der Waals surface area contributed by atoms with Crippen molar-refractivity contribution in [3.05, 3.63) is 64.1 Å². The van der Waals surface area contributed by atoms with Crippen LogP contribution in [0.4, 0.5) is 5.69 Å². The van der Waals surface area contributed by atoms with Crippen LogP contribution in [0.15, 0.2) is 57.9 Å². The first-order chi connectivity index (χ1) is 13.1. The molecule has 2 aromatic heterocycles. The second-order valence-corrected chi connectivity index (χ2v) is 6.19. The molecule has 3 rings (SSSR count). The molecule has 0 aliphatic heterocycles. The molecule has 0 aliphatic carbocycles. The molecule has 0 saturated heterocycles. The number of carbonyl (C=O) groups excluding carboxylic acids is 1. The SMILES string of the molecule is COc1ccc(Cl)cc1NC(=O)CCCn1nc(-c2ccco2)ccc1=O. The summed E-state index contributed by atoms with van der Waals surface area (Å²) in [7, 11) is 1.52. The lowest BCUT2D eigenvalue weighted by Crippen LogP contribution is -2.23. The van der Waals surface area contributed by atoms with Gasteiger partial charge in [-0.15, -0.1) is 0 Å². The molecular weight excluding hydrogens is 370 g/mol. The lowest BCUT2D eigenvalue weighted by atomic mass is 10.2. The number of carbonyl (C=O) groups is 1. The quantitative estimate of drug-likeness (QED) is 0.669. The van der Waals surface area contributed by atoms with Crippen LogP contribution < -0.4 is 15.6 Å². The number of benzene rings is 1. The minimum atomic E-state index is -0.234. The fourth-order valence-corrected chi connectivity index (χ4v) is 2.72. The highest BCUT2D eigenvalue weighted by Gasteiger charge is 2.10. The van der Waals surface area contributed by atoms with Gasteiger partial charge in [0.05, 0.1) is 19.1 Å². The van der Waals surface area contributed by atoms with Crippen molar-refractivity contribution in [3.63, 3.8) is 0 Å². The highest BCUT2D eigenvalue weighted by Crippen LogP contribution is 2.27. The maximum Gasteiger partial charge on any atom is 0.266 e. The Morgan fingerprint density at radius 2 is 2.15 bits per heavy atom. The second kappa shape index (κ2) is 8.55. The molecule has 3 aromatic rings. The number of ether oxygens (including phenoxy) is 1. The highest BCUT2D eigenvalue weighted by molar-refractivity contribution is 6.31. The molecule has 0 unspecified atom stereocenters. The molecule has 1 aromatic carbocycles. The van der Waals surface area contributed by atoms with E-state index < -0.39 is 0 Å². The minimum Gasteiger partial charge on any atom is -0.495 e. The average Bonchev–Trinajstić information content (AvgIpc) is 3.18. The van der Waals surface area contributed by atoms with Gasteiger partial charge in [-0.05, 0) is 42.8 Å². The number of hydrogen-bond donors (Lipinski definition) is 1.